The van der Waals surface area contributed by atoms with Crippen molar-refractivity contribution < 1.29 is 0 Å². The molecule has 0 aromatic heterocycles. The molecular weight excluding hydrogens is 244 g/mol. The summed E-state index contributed by atoms with van der Waals surface area (Å²) in [5, 5.41) is 0. The van der Waals surface area contributed by atoms with Crippen molar-refractivity contribution in [2.75, 3.05) is 11.5 Å². The highest BCUT2D eigenvalue weighted by Crippen LogP contribution is 2.33. The lowest BCUT2D eigenvalue weighted by atomic mass is 10.00. The molecule has 0 amide bonds. The summed E-state index contributed by atoms with van der Waals surface area (Å²) < 4.78 is 0. The monoisotopic (exact) mass is 264 g/mol. The minimum atomic E-state index is 0.809. The second-order valence-corrected chi connectivity index (χ2v) is 6.27. The highest BCUT2D eigenvalue weighted by atomic mass is 79.9. The molecule has 0 radical (unpaired) electrons. The highest BCUT2D eigenvalue weighted by molar-refractivity contribution is 9.09. The summed E-state index contributed by atoms with van der Waals surface area (Å²) in [6.07, 6.45) is 8.59. The average Bonchev–Trinajstić information content (AvgIpc) is 2.52. The summed E-state index contributed by atoms with van der Waals surface area (Å²) in [5.74, 6) is 3.69. The fourth-order valence-corrected chi connectivity index (χ4v) is 4.44. The summed E-state index contributed by atoms with van der Waals surface area (Å²) in [6, 6.07) is 0. The third-order valence-electron chi connectivity index (χ3n) is 2.80. The van der Waals surface area contributed by atoms with E-state index in [1.54, 1.807) is 0 Å². The summed E-state index contributed by atoms with van der Waals surface area (Å²) in [5.41, 5.74) is 0. The van der Waals surface area contributed by atoms with E-state index in [2.05, 4.69) is 34.6 Å². The van der Waals surface area contributed by atoms with Gasteiger partial charge in [0.1, 0.15) is 0 Å². The SMILES string of the molecule is CCCCCCCC1CSCC1Br. The molecule has 78 valence electrons. The lowest BCUT2D eigenvalue weighted by Crippen LogP contribution is -2.10. The number of halogens is 1. The molecule has 0 spiro atoms. The molecule has 0 aromatic carbocycles. The van der Waals surface area contributed by atoms with Crippen LogP contribution in [0.15, 0.2) is 0 Å². The van der Waals surface area contributed by atoms with E-state index in [1.165, 1.54) is 50.0 Å². The molecule has 1 aliphatic rings. The van der Waals surface area contributed by atoms with Crippen molar-refractivity contribution in [2.45, 2.75) is 50.3 Å². The van der Waals surface area contributed by atoms with Crippen LogP contribution in [-0.2, 0) is 0 Å². The van der Waals surface area contributed by atoms with Crippen LogP contribution in [0.4, 0.5) is 0 Å². The van der Waals surface area contributed by atoms with Crippen LogP contribution in [0.2, 0.25) is 0 Å². The smallest absolute Gasteiger partial charge is 0.0272 e. The van der Waals surface area contributed by atoms with Crippen LogP contribution in [-0.4, -0.2) is 16.3 Å². The minimum Gasteiger partial charge on any atom is -0.161 e. The maximum absolute atomic E-state index is 3.77. The Kier molecular flexibility index (Phi) is 6.56. The van der Waals surface area contributed by atoms with Gasteiger partial charge in [0.25, 0.3) is 0 Å². The Bertz CT molecular complexity index is 127. The van der Waals surface area contributed by atoms with Gasteiger partial charge < -0.3 is 0 Å². The molecule has 1 saturated heterocycles. The summed E-state index contributed by atoms with van der Waals surface area (Å²) in [6.45, 7) is 2.28. The standard InChI is InChI=1S/C11H21BrS/c1-2-3-4-5-6-7-10-8-13-9-11(10)12/h10-11H,2-9H2,1H3. The van der Waals surface area contributed by atoms with Gasteiger partial charge in [-0.3, -0.25) is 0 Å². The van der Waals surface area contributed by atoms with E-state index in [0.29, 0.717) is 0 Å². The fourth-order valence-electron chi connectivity index (χ4n) is 1.85. The fraction of sp³-hybridized carbons (Fsp3) is 1.00. The van der Waals surface area contributed by atoms with Crippen LogP contribution in [0, 0.1) is 5.92 Å². The van der Waals surface area contributed by atoms with E-state index in [0.717, 1.165) is 10.7 Å². The molecule has 0 aliphatic carbocycles. The van der Waals surface area contributed by atoms with Crippen LogP contribution in [0.3, 0.4) is 0 Å². The first kappa shape index (κ1) is 11.9. The number of unbranched alkanes of at least 4 members (excludes halogenated alkanes) is 4. The molecule has 1 heterocycles. The molecule has 2 heteroatoms. The third kappa shape index (κ3) is 4.73. The van der Waals surface area contributed by atoms with Crippen molar-refractivity contribution in [3.63, 3.8) is 0 Å². The minimum absolute atomic E-state index is 0.809. The summed E-state index contributed by atoms with van der Waals surface area (Å²) >= 11 is 5.88. The van der Waals surface area contributed by atoms with E-state index in [1.807, 2.05) is 0 Å². The zero-order valence-corrected chi connectivity index (χ0v) is 11.0. The van der Waals surface area contributed by atoms with E-state index < -0.39 is 0 Å². The van der Waals surface area contributed by atoms with Crippen LogP contribution >= 0.6 is 27.7 Å². The quantitative estimate of drug-likeness (QED) is 0.504. The number of rotatable bonds is 6. The molecule has 1 rings (SSSR count). The predicted octanol–water partition coefficient (Wildman–Crippen LogP) is 4.47. The maximum atomic E-state index is 3.77. The predicted molar refractivity (Wildman–Crippen MR) is 66.9 cm³/mol. The molecule has 1 fully saturated rings. The third-order valence-corrected chi connectivity index (χ3v) is 5.56. The molecular formula is C11H21BrS. The Balaban J connectivity index is 1.93. The van der Waals surface area contributed by atoms with Crippen molar-refractivity contribution in [3.8, 4) is 0 Å². The molecule has 13 heavy (non-hydrogen) atoms. The molecule has 2 atom stereocenters. The van der Waals surface area contributed by atoms with E-state index in [4.69, 9.17) is 0 Å². The lowest BCUT2D eigenvalue weighted by Gasteiger charge is -2.11. The van der Waals surface area contributed by atoms with Crippen LogP contribution < -0.4 is 0 Å². The summed E-state index contributed by atoms with van der Waals surface area (Å²) in [7, 11) is 0. The van der Waals surface area contributed by atoms with Crippen molar-refractivity contribution in [1.82, 2.24) is 0 Å². The van der Waals surface area contributed by atoms with Crippen molar-refractivity contribution in [3.05, 3.63) is 0 Å². The van der Waals surface area contributed by atoms with Crippen molar-refractivity contribution in [1.29, 1.82) is 0 Å². The molecule has 0 saturated carbocycles. The zero-order valence-electron chi connectivity index (χ0n) is 8.60. The Morgan fingerprint density at radius 1 is 1.15 bits per heavy atom. The van der Waals surface area contributed by atoms with Gasteiger partial charge >= 0.3 is 0 Å². The zero-order chi connectivity index (χ0) is 9.52. The van der Waals surface area contributed by atoms with Crippen molar-refractivity contribution >= 4 is 27.7 Å². The highest BCUT2D eigenvalue weighted by Gasteiger charge is 2.24. The van der Waals surface area contributed by atoms with E-state index >= 15 is 0 Å². The summed E-state index contributed by atoms with van der Waals surface area (Å²) in [4.78, 5) is 0.809. The molecule has 0 nitrogen and oxygen atoms in total. The Morgan fingerprint density at radius 2 is 1.92 bits per heavy atom. The van der Waals surface area contributed by atoms with Crippen LogP contribution in [0.25, 0.3) is 0 Å². The number of thioether (sulfide) groups is 1. The Labute approximate surface area is 95.4 Å². The van der Waals surface area contributed by atoms with Gasteiger partial charge in [0, 0.05) is 10.6 Å². The van der Waals surface area contributed by atoms with Crippen LogP contribution in [0.1, 0.15) is 45.4 Å². The van der Waals surface area contributed by atoms with Gasteiger partial charge in [-0.25, -0.2) is 0 Å². The first-order valence-corrected chi connectivity index (χ1v) is 7.63. The second-order valence-electron chi connectivity index (χ2n) is 4.02. The molecule has 2 unspecified atom stereocenters. The molecule has 0 aromatic rings. The van der Waals surface area contributed by atoms with Gasteiger partial charge in [-0.05, 0) is 18.1 Å². The number of alkyl halides is 1. The Morgan fingerprint density at radius 3 is 2.54 bits per heavy atom. The topological polar surface area (TPSA) is 0 Å². The van der Waals surface area contributed by atoms with E-state index in [9.17, 15) is 0 Å². The average molecular weight is 265 g/mol. The van der Waals surface area contributed by atoms with Crippen molar-refractivity contribution in [2.24, 2.45) is 5.92 Å². The van der Waals surface area contributed by atoms with Gasteiger partial charge in [0.05, 0.1) is 0 Å². The molecule has 0 N–H and O–H groups in total. The first-order chi connectivity index (χ1) is 6.34. The maximum Gasteiger partial charge on any atom is 0.0272 e. The first-order valence-electron chi connectivity index (χ1n) is 5.56. The second kappa shape index (κ2) is 7.17. The van der Waals surface area contributed by atoms with Gasteiger partial charge in [-0.2, -0.15) is 11.8 Å². The van der Waals surface area contributed by atoms with Gasteiger partial charge in [-0.15, -0.1) is 0 Å². The van der Waals surface area contributed by atoms with Crippen LogP contribution in [0.5, 0.6) is 0 Å². The molecule has 1 aliphatic heterocycles. The Hall–Kier alpha value is 0.830. The molecule has 0 bridgehead atoms. The normalized spacial score (nSPS) is 28.2. The van der Waals surface area contributed by atoms with Gasteiger partial charge in [0.2, 0.25) is 0 Å². The van der Waals surface area contributed by atoms with Gasteiger partial charge in [0.15, 0.2) is 0 Å². The largest absolute Gasteiger partial charge is 0.161 e. The van der Waals surface area contributed by atoms with E-state index in [-0.39, 0.29) is 0 Å². The number of hydrogen-bond acceptors (Lipinski definition) is 1. The number of hydrogen-bond donors (Lipinski definition) is 0. The lowest BCUT2D eigenvalue weighted by molar-refractivity contribution is 0.505. The van der Waals surface area contributed by atoms with Gasteiger partial charge in [-0.1, -0.05) is 55.0 Å².